The number of hydrogen-bond donors (Lipinski definition) is 0. The molecule has 0 bridgehead atoms. The van der Waals surface area contributed by atoms with Gasteiger partial charge in [0.25, 0.3) is 10.0 Å². The predicted molar refractivity (Wildman–Crippen MR) is 65.6 cm³/mol. The first-order chi connectivity index (χ1) is 7.86. The van der Waals surface area contributed by atoms with E-state index in [1.54, 1.807) is 20.4 Å². The second kappa shape index (κ2) is 5.29. The molecule has 0 saturated heterocycles. The van der Waals surface area contributed by atoms with E-state index in [0.29, 0.717) is 0 Å². The van der Waals surface area contributed by atoms with Crippen LogP contribution < -0.4 is 0 Å². The summed E-state index contributed by atoms with van der Waals surface area (Å²) in [6.07, 6.45) is 2.74. The zero-order valence-electron chi connectivity index (χ0n) is 9.21. The Labute approximate surface area is 105 Å². The lowest BCUT2D eigenvalue weighted by Gasteiger charge is -2.05. The molecule has 0 amide bonds. The molecule has 0 aliphatic rings. The Bertz CT molecular complexity index is 553. The normalized spacial score (nSPS) is 11.7. The van der Waals surface area contributed by atoms with Gasteiger partial charge in [0.05, 0.1) is 5.02 Å². The van der Waals surface area contributed by atoms with Gasteiger partial charge in [-0.3, -0.25) is 4.79 Å². The van der Waals surface area contributed by atoms with Crippen molar-refractivity contribution in [3.63, 3.8) is 0 Å². The molecule has 0 fully saturated rings. The van der Waals surface area contributed by atoms with Crippen LogP contribution in [0.15, 0.2) is 27.5 Å². The number of benzene rings is 1. The number of hydrogen-bond acceptors (Lipinski definition) is 3. The average Bonchev–Trinajstić information content (AvgIpc) is 2.27. The number of carbonyl (C=O) groups excluding carboxylic acids is 1. The van der Waals surface area contributed by atoms with Gasteiger partial charge in [0, 0.05) is 19.7 Å². The molecule has 5 nitrogen and oxygen atoms in total. The van der Waals surface area contributed by atoms with Gasteiger partial charge in [-0.05, 0) is 18.2 Å². The zero-order chi connectivity index (χ0) is 13.1. The van der Waals surface area contributed by atoms with Crippen LogP contribution in [-0.2, 0) is 14.8 Å². The second-order valence-corrected chi connectivity index (χ2v) is 5.41. The molecule has 91 valence electrons. The minimum absolute atomic E-state index is 0.0138. The zero-order valence-corrected chi connectivity index (χ0v) is 10.8. The second-order valence-electron chi connectivity index (χ2n) is 3.41. The Morgan fingerprint density at radius 1 is 1.41 bits per heavy atom. The lowest BCUT2D eigenvalue weighted by Crippen LogP contribution is -2.10. The number of rotatable bonds is 4. The fraction of sp³-hybridized carbons (Fsp3) is 0.200. The summed E-state index contributed by atoms with van der Waals surface area (Å²) in [5.74, 6) is 0. The quantitative estimate of drug-likeness (QED) is 0.608. The molecule has 0 atom stereocenters. The fourth-order valence-electron chi connectivity index (χ4n) is 0.978. The highest BCUT2D eigenvalue weighted by atomic mass is 35.5. The standard InChI is InChI=1S/C10H10ClN2O3S/c1-13(2)7-12-17(15,16)10-5-8(6-14)3-4-9(10)11/h3-5,7H,1-2H3/b12-7+. The van der Waals surface area contributed by atoms with Crippen molar-refractivity contribution < 1.29 is 13.2 Å². The highest BCUT2D eigenvalue weighted by molar-refractivity contribution is 7.90. The first-order valence-corrected chi connectivity index (χ1v) is 6.33. The summed E-state index contributed by atoms with van der Waals surface area (Å²) in [6.45, 7) is 0. The maximum atomic E-state index is 11.8. The van der Waals surface area contributed by atoms with Crippen LogP contribution in [0, 0.1) is 0 Å². The predicted octanol–water partition coefficient (Wildman–Crippen LogP) is 1.08. The van der Waals surface area contributed by atoms with E-state index in [2.05, 4.69) is 4.40 Å². The molecule has 1 aromatic carbocycles. The summed E-state index contributed by atoms with van der Waals surface area (Å²) in [5, 5.41) is 0.0138. The minimum Gasteiger partial charge on any atom is -0.368 e. The Morgan fingerprint density at radius 2 is 2.06 bits per heavy atom. The van der Waals surface area contributed by atoms with Crippen LogP contribution in [0.2, 0.25) is 5.02 Å². The molecule has 0 unspecified atom stereocenters. The maximum Gasteiger partial charge on any atom is 0.285 e. The van der Waals surface area contributed by atoms with E-state index in [1.807, 2.05) is 0 Å². The third-order valence-corrected chi connectivity index (χ3v) is 3.45. The van der Waals surface area contributed by atoms with Crippen LogP contribution in [-0.4, -0.2) is 40.0 Å². The van der Waals surface area contributed by atoms with Gasteiger partial charge in [-0.25, -0.2) is 0 Å². The average molecular weight is 274 g/mol. The highest BCUT2D eigenvalue weighted by Gasteiger charge is 2.17. The fourth-order valence-corrected chi connectivity index (χ4v) is 2.40. The van der Waals surface area contributed by atoms with Crippen molar-refractivity contribution in [3.8, 4) is 0 Å². The van der Waals surface area contributed by atoms with Gasteiger partial charge in [0.15, 0.2) is 0 Å². The lowest BCUT2D eigenvalue weighted by atomic mass is 10.2. The van der Waals surface area contributed by atoms with Crippen LogP contribution >= 0.6 is 11.6 Å². The third-order valence-electron chi connectivity index (χ3n) is 1.74. The van der Waals surface area contributed by atoms with E-state index in [4.69, 9.17) is 11.6 Å². The van der Waals surface area contributed by atoms with Crippen molar-refractivity contribution in [2.75, 3.05) is 14.1 Å². The third kappa shape index (κ3) is 3.54. The molecule has 0 aliphatic heterocycles. The van der Waals surface area contributed by atoms with Gasteiger partial charge < -0.3 is 4.90 Å². The Hall–Kier alpha value is -1.40. The molecule has 0 N–H and O–H groups in total. The Kier molecular flexibility index (Phi) is 4.25. The van der Waals surface area contributed by atoms with Crippen LogP contribution in [0.3, 0.4) is 0 Å². The molecule has 1 aromatic rings. The minimum atomic E-state index is -3.90. The van der Waals surface area contributed by atoms with Crippen molar-refractivity contribution >= 4 is 34.2 Å². The summed E-state index contributed by atoms with van der Waals surface area (Å²) in [4.78, 5) is 11.7. The Morgan fingerprint density at radius 3 is 2.59 bits per heavy atom. The summed E-state index contributed by atoms with van der Waals surface area (Å²) >= 11 is 5.76. The van der Waals surface area contributed by atoms with Crippen molar-refractivity contribution in [2.24, 2.45) is 4.40 Å². The molecule has 0 aliphatic carbocycles. The Balaban J connectivity index is 3.28. The molecular formula is C10H10ClN2O3S. The maximum absolute atomic E-state index is 11.8. The molecule has 17 heavy (non-hydrogen) atoms. The van der Waals surface area contributed by atoms with Gasteiger partial charge in [-0.15, -0.1) is 4.40 Å². The summed E-state index contributed by atoms with van der Waals surface area (Å²) in [5.41, 5.74) is 0.105. The molecule has 1 rings (SSSR count). The summed E-state index contributed by atoms with van der Waals surface area (Å²) in [6, 6.07) is 3.83. The number of nitrogens with zero attached hydrogens (tertiary/aromatic N) is 2. The molecule has 7 heteroatoms. The molecule has 0 saturated carbocycles. The molecule has 0 aromatic heterocycles. The lowest BCUT2D eigenvalue weighted by molar-refractivity contribution is 0.562. The van der Waals surface area contributed by atoms with Crippen molar-refractivity contribution in [3.05, 3.63) is 28.8 Å². The smallest absolute Gasteiger partial charge is 0.285 e. The van der Waals surface area contributed by atoms with E-state index in [0.717, 1.165) is 12.4 Å². The highest BCUT2D eigenvalue weighted by Crippen LogP contribution is 2.23. The van der Waals surface area contributed by atoms with Crippen molar-refractivity contribution in [2.45, 2.75) is 4.90 Å². The van der Waals surface area contributed by atoms with Crippen molar-refractivity contribution in [1.29, 1.82) is 0 Å². The SMILES string of the molecule is CN(C)/C=N/S(=O)(=O)c1cc([C]=O)ccc1Cl. The first-order valence-electron chi connectivity index (χ1n) is 4.51. The van der Waals surface area contributed by atoms with Crippen LogP contribution in [0.4, 0.5) is 0 Å². The van der Waals surface area contributed by atoms with E-state index < -0.39 is 10.0 Å². The van der Waals surface area contributed by atoms with Gasteiger partial charge in [0.2, 0.25) is 6.29 Å². The summed E-state index contributed by atoms with van der Waals surface area (Å²) < 4.78 is 27.0. The van der Waals surface area contributed by atoms with Gasteiger partial charge in [-0.1, -0.05) is 11.6 Å². The van der Waals surface area contributed by atoms with Gasteiger partial charge in [-0.2, -0.15) is 8.42 Å². The molecular weight excluding hydrogens is 264 g/mol. The molecule has 0 spiro atoms. The van der Waals surface area contributed by atoms with E-state index in [1.165, 1.54) is 17.0 Å². The molecule has 0 heterocycles. The monoisotopic (exact) mass is 273 g/mol. The first kappa shape index (κ1) is 13.7. The van der Waals surface area contributed by atoms with Gasteiger partial charge in [0.1, 0.15) is 11.2 Å². The van der Waals surface area contributed by atoms with Gasteiger partial charge >= 0.3 is 0 Å². The van der Waals surface area contributed by atoms with E-state index in [9.17, 15) is 13.2 Å². The number of halogens is 1. The van der Waals surface area contributed by atoms with Crippen LogP contribution in [0.1, 0.15) is 5.56 Å². The van der Waals surface area contributed by atoms with Crippen molar-refractivity contribution in [1.82, 2.24) is 4.90 Å². The van der Waals surface area contributed by atoms with Crippen LogP contribution in [0.25, 0.3) is 0 Å². The molecule has 1 radical (unpaired) electrons. The summed E-state index contributed by atoms with van der Waals surface area (Å²) in [7, 11) is -0.631. The number of sulfonamides is 1. The topological polar surface area (TPSA) is 66.8 Å². The van der Waals surface area contributed by atoms with Crippen LogP contribution in [0.5, 0.6) is 0 Å². The van der Waals surface area contributed by atoms with E-state index in [-0.39, 0.29) is 15.5 Å². The largest absolute Gasteiger partial charge is 0.368 e. The van der Waals surface area contributed by atoms with E-state index >= 15 is 0 Å².